The predicted molar refractivity (Wildman–Crippen MR) is 82.2 cm³/mol. The molecule has 1 saturated heterocycles. The molecule has 112 valence electrons. The zero-order valence-corrected chi connectivity index (χ0v) is 13.4. The largest absolute Gasteiger partial charge is 0.329 e. The molecule has 0 bridgehead atoms. The van der Waals surface area contributed by atoms with Crippen LogP contribution in [0.3, 0.4) is 0 Å². The van der Waals surface area contributed by atoms with Crippen molar-refractivity contribution in [2.24, 2.45) is 17.6 Å². The van der Waals surface area contributed by atoms with Gasteiger partial charge in [0.2, 0.25) is 0 Å². The molecule has 2 rings (SSSR count). The van der Waals surface area contributed by atoms with E-state index >= 15 is 0 Å². The second-order valence-electron chi connectivity index (χ2n) is 7.28. The summed E-state index contributed by atoms with van der Waals surface area (Å²) in [5, 5.41) is 0. The van der Waals surface area contributed by atoms with Crippen LogP contribution >= 0.6 is 0 Å². The minimum Gasteiger partial charge on any atom is -0.329 e. The molecule has 19 heavy (non-hydrogen) atoms. The molecule has 4 unspecified atom stereocenters. The van der Waals surface area contributed by atoms with E-state index < -0.39 is 0 Å². The lowest BCUT2D eigenvalue weighted by Crippen LogP contribution is -2.58. The van der Waals surface area contributed by atoms with Crippen molar-refractivity contribution < 1.29 is 0 Å². The first-order valence-corrected chi connectivity index (χ1v) is 8.10. The van der Waals surface area contributed by atoms with Crippen molar-refractivity contribution in [2.45, 2.75) is 57.5 Å². The van der Waals surface area contributed by atoms with Crippen molar-refractivity contribution in [3.63, 3.8) is 0 Å². The summed E-state index contributed by atoms with van der Waals surface area (Å²) in [7, 11) is 4.58. The molecular formula is C16H33N3. The summed E-state index contributed by atoms with van der Waals surface area (Å²) < 4.78 is 0. The Hall–Kier alpha value is -0.120. The molecule has 4 atom stereocenters. The summed E-state index contributed by atoms with van der Waals surface area (Å²) in [6.45, 7) is 8.08. The van der Waals surface area contributed by atoms with Gasteiger partial charge in [-0.05, 0) is 64.6 Å². The maximum atomic E-state index is 6.20. The summed E-state index contributed by atoms with van der Waals surface area (Å²) in [6.07, 6.45) is 6.61. The number of rotatable bonds is 4. The second-order valence-corrected chi connectivity index (χ2v) is 7.28. The van der Waals surface area contributed by atoms with Gasteiger partial charge in [0.15, 0.2) is 0 Å². The maximum absolute atomic E-state index is 6.20. The van der Waals surface area contributed by atoms with E-state index in [-0.39, 0.29) is 5.54 Å². The molecule has 3 nitrogen and oxygen atoms in total. The molecule has 0 amide bonds. The SMILES string of the molecule is CC1CCC(CN)(N(C)CC2CCCN2C)CC1C. The molecule has 3 heteroatoms. The van der Waals surface area contributed by atoms with Crippen molar-refractivity contribution >= 4 is 0 Å². The average molecular weight is 267 g/mol. The van der Waals surface area contributed by atoms with E-state index in [4.69, 9.17) is 5.73 Å². The van der Waals surface area contributed by atoms with E-state index in [2.05, 4.69) is 37.7 Å². The van der Waals surface area contributed by atoms with E-state index in [1.54, 1.807) is 0 Å². The number of hydrogen-bond donors (Lipinski definition) is 1. The van der Waals surface area contributed by atoms with Gasteiger partial charge < -0.3 is 10.6 Å². The summed E-state index contributed by atoms with van der Waals surface area (Å²) in [5.41, 5.74) is 6.46. The third-order valence-corrected chi connectivity index (χ3v) is 6.08. The first-order chi connectivity index (χ1) is 8.98. The summed E-state index contributed by atoms with van der Waals surface area (Å²) in [6, 6.07) is 0.739. The molecule has 2 fully saturated rings. The minimum absolute atomic E-state index is 0.259. The van der Waals surface area contributed by atoms with Gasteiger partial charge in [0.1, 0.15) is 0 Å². The molecule has 1 heterocycles. The van der Waals surface area contributed by atoms with Gasteiger partial charge in [0, 0.05) is 24.7 Å². The average Bonchev–Trinajstić information content (AvgIpc) is 2.78. The number of nitrogens with zero attached hydrogens (tertiary/aromatic N) is 2. The highest BCUT2D eigenvalue weighted by Gasteiger charge is 2.40. The minimum atomic E-state index is 0.259. The highest BCUT2D eigenvalue weighted by atomic mass is 15.2. The fourth-order valence-electron chi connectivity index (χ4n) is 4.09. The Morgan fingerprint density at radius 2 is 2.00 bits per heavy atom. The number of likely N-dealkylation sites (N-methyl/N-ethyl adjacent to an activating group) is 2. The molecule has 1 aliphatic carbocycles. The Balaban J connectivity index is 2.00. The van der Waals surface area contributed by atoms with Gasteiger partial charge >= 0.3 is 0 Å². The zero-order valence-electron chi connectivity index (χ0n) is 13.4. The second kappa shape index (κ2) is 6.11. The van der Waals surface area contributed by atoms with Crippen LogP contribution in [0.2, 0.25) is 0 Å². The Bertz CT molecular complexity index is 294. The highest BCUT2D eigenvalue weighted by molar-refractivity contribution is 4.97. The Morgan fingerprint density at radius 1 is 1.26 bits per heavy atom. The van der Waals surface area contributed by atoms with Gasteiger partial charge in [-0.1, -0.05) is 13.8 Å². The van der Waals surface area contributed by atoms with Crippen LogP contribution in [0.25, 0.3) is 0 Å². The van der Waals surface area contributed by atoms with Crippen molar-refractivity contribution in [1.82, 2.24) is 9.80 Å². The van der Waals surface area contributed by atoms with E-state index in [9.17, 15) is 0 Å². The monoisotopic (exact) mass is 267 g/mol. The van der Waals surface area contributed by atoms with Crippen LogP contribution < -0.4 is 5.73 Å². The third kappa shape index (κ3) is 3.14. The van der Waals surface area contributed by atoms with Crippen molar-refractivity contribution in [1.29, 1.82) is 0 Å². The molecule has 0 aromatic carbocycles. The third-order valence-electron chi connectivity index (χ3n) is 6.08. The van der Waals surface area contributed by atoms with Crippen molar-refractivity contribution in [3.8, 4) is 0 Å². The molecule has 2 aliphatic rings. The molecule has 0 aromatic rings. The first kappa shape index (κ1) is 15.3. The van der Waals surface area contributed by atoms with Crippen LogP contribution in [-0.2, 0) is 0 Å². The molecule has 1 aliphatic heterocycles. The predicted octanol–water partition coefficient (Wildman–Crippen LogP) is 2.17. The number of hydrogen-bond acceptors (Lipinski definition) is 3. The molecule has 0 spiro atoms. The molecule has 0 aromatic heterocycles. The van der Waals surface area contributed by atoms with Crippen LogP contribution in [0.5, 0.6) is 0 Å². The van der Waals surface area contributed by atoms with Crippen LogP contribution in [-0.4, -0.2) is 55.1 Å². The molecular weight excluding hydrogens is 234 g/mol. The Labute approximate surface area is 119 Å². The topological polar surface area (TPSA) is 32.5 Å². The van der Waals surface area contributed by atoms with Crippen LogP contribution in [0.4, 0.5) is 0 Å². The van der Waals surface area contributed by atoms with E-state index in [0.717, 1.165) is 24.4 Å². The standard InChI is InChI=1S/C16H33N3/c1-13-7-8-16(12-17,10-14(13)2)19(4)11-15-6-5-9-18(15)3/h13-15H,5-12,17H2,1-4H3. The van der Waals surface area contributed by atoms with E-state index in [0.29, 0.717) is 0 Å². The molecule has 1 saturated carbocycles. The van der Waals surface area contributed by atoms with Gasteiger partial charge in [-0.2, -0.15) is 0 Å². The van der Waals surface area contributed by atoms with Crippen LogP contribution in [0, 0.1) is 11.8 Å². The molecule has 0 radical (unpaired) electrons. The van der Waals surface area contributed by atoms with Crippen LogP contribution in [0.15, 0.2) is 0 Å². The normalized spacial score (nSPS) is 41.1. The van der Waals surface area contributed by atoms with Gasteiger partial charge in [0.25, 0.3) is 0 Å². The highest BCUT2D eigenvalue weighted by Crippen LogP contribution is 2.39. The summed E-state index contributed by atoms with van der Waals surface area (Å²) in [5.74, 6) is 1.67. The summed E-state index contributed by atoms with van der Waals surface area (Å²) >= 11 is 0. The van der Waals surface area contributed by atoms with E-state index in [1.165, 1.54) is 45.2 Å². The lowest BCUT2D eigenvalue weighted by Gasteiger charge is -2.49. The van der Waals surface area contributed by atoms with Crippen molar-refractivity contribution in [2.75, 3.05) is 33.7 Å². The zero-order chi connectivity index (χ0) is 14.0. The van der Waals surface area contributed by atoms with Gasteiger partial charge in [-0.25, -0.2) is 0 Å². The number of likely N-dealkylation sites (tertiary alicyclic amines) is 1. The summed E-state index contributed by atoms with van der Waals surface area (Å²) in [4.78, 5) is 5.12. The first-order valence-electron chi connectivity index (χ1n) is 8.10. The van der Waals surface area contributed by atoms with E-state index in [1.807, 2.05) is 0 Å². The fraction of sp³-hybridized carbons (Fsp3) is 1.00. The van der Waals surface area contributed by atoms with Gasteiger partial charge in [0.05, 0.1) is 0 Å². The Morgan fingerprint density at radius 3 is 2.53 bits per heavy atom. The lowest BCUT2D eigenvalue weighted by molar-refractivity contribution is 0.0270. The van der Waals surface area contributed by atoms with Crippen molar-refractivity contribution in [3.05, 3.63) is 0 Å². The lowest BCUT2D eigenvalue weighted by atomic mass is 9.70. The smallest absolute Gasteiger partial charge is 0.0332 e. The quantitative estimate of drug-likeness (QED) is 0.847. The fourth-order valence-corrected chi connectivity index (χ4v) is 4.09. The maximum Gasteiger partial charge on any atom is 0.0332 e. The number of nitrogens with two attached hydrogens (primary N) is 1. The Kier molecular flexibility index (Phi) is 4.91. The molecule has 2 N–H and O–H groups in total. The van der Waals surface area contributed by atoms with Gasteiger partial charge in [-0.3, -0.25) is 4.90 Å². The van der Waals surface area contributed by atoms with Crippen LogP contribution in [0.1, 0.15) is 46.0 Å². The van der Waals surface area contributed by atoms with Gasteiger partial charge in [-0.15, -0.1) is 0 Å².